The van der Waals surface area contributed by atoms with E-state index >= 15 is 0 Å². The average Bonchev–Trinajstić information content (AvgIpc) is 2.93. The van der Waals surface area contributed by atoms with Crippen molar-refractivity contribution >= 4 is 15.9 Å². The van der Waals surface area contributed by atoms with Crippen molar-refractivity contribution < 1.29 is 14.3 Å². The van der Waals surface area contributed by atoms with Crippen LogP contribution in [0.4, 0.5) is 0 Å². The van der Waals surface area contributed by atoms with E-state index in [2.05, 4.69) is 15.9 Å². The minimum Gasteiger partial charge on any atom is -0.487 e. The molecule has 0 saturated carbocycles. The number of rotatable bonds is 2. The van der Waals surface area contributed by atoms with Crippen molar-refractivity contribution in [3.05, 3.63) is 52.4 Å². The molecule has 3 rings (SSSR count). The summed E-state index contributed by atoms with van der Waals surface area (Å²) in [6.07, 6.45) is 1.21. The van der Waals surface area contributed by atoms with Crippen LogP contribution in [0.3, 0.4) is 0 Å². The van der Waals surface area contributed by atoms with Gasteiger partial charge in [0.05, 0.1) is 10.7 Å². The molecule has 2 unspecified atom stereocenters. The minimum absolute atomic E-state index is 0.283. The van der Waals surface area contributed by atoms with Gasteiger partial charge in [-0.25, -0.2) is 0 Å². The topological polar surface area (TPSA) is 42.6 Å². The second-order valence-electron chi connectivity index (χ2n) is 4.05. The zero-order valence-corrected chi connectivity index (χ0v) is 10.6. The van der Waals surface area contributed by atoms with E-state index in [4.69, 9.17) is 9.15 Å². The third-order valence-electron chi connectivity index (χ3n) is 2.94. The number of benzene rings is 1. The quantitative estimate of drug-likeness (QED) is 0.926. The first kappa shape index (κ1) is 10.9. The van der Waals surface area contributed by atoms with Crippen molar-refractivity contribution in [3.8, 4) is 5.75 Å². The van der Waals surface area contributed by atoms with Gasteiger partial charge in [0.2, 0.25) is 0 Å². The number of halogens is 1. The zero-order valence-electron chi connectivity index (χ0n) is 8.97. The minimum atomic E-state index is -0.758. The molecule has 17 heavy (non-hydrogen) atoms. The fraction of sp³-hybridized carbons (Fsp3) is 0.231. The Kier molecular flexibility index (Phi) is 2.68. The molecule has 1 N–H and O–H groups in total. The van der Waals surface area contributed by atoms with Gasteiger partial charge in [-0.15, -0.1) is 0 Å². The van der Waals surface area contributed by atoms with Crippen molar-refractivity contribution in [1.82, 2.24) is 0 Å². The molecule has 1 aromatic heterocycles. The molecule has 0 fully saturated rings. The van der Waals surface area contributed by atoms with Crippen LogP contribution in [0, 0.1) is 0 Å². The molecule has 0 spiro atoms. The van der Waals surface area contributed by atoms with Gasteiger partial charge in [-0.3, -0.25) is 0 Å². The van der Waals surface area contributed by atoms with Crippen LogP contribution >= 0.6 is 15.9 Å². The molecule has 0 bridgehead atoms. The van der Waals surface area contributed by atoms with E-state index in [0.29, 0.717) is 12.2 Å². The molecular weight excluding hydrogens is 284 g/mol. The fourth-order valence-corrected chi connectivity index (χ4v) is 2.51. The molecule has 1 aliphatic heterocycles. The molecular formula is C13H11BrO3. The molecule has 2 aromatic rings. The van der Waals surface area contributed by atoms with E-state index in [1.54, 1.807) is 12.3 Å². The second kappa shape index (κ2) is 4.20. The highest BCUT2D eigenvalue weighted by molar-refractivity contribution is 9.10. The standard InChI is InChI=1S/C13H11BrO3/c14-9-5-6-16-13(9)12(15)11-7-8-3-1-2-4-10(8)17-11/h1-6,11-12,15H,7H2. The van der Waals surface area contributed by atoms with Crippen LogP contribution in [0.1, 0.15) is 17.4 Å². The number of hydrogen-bond acceptors (Lipinski definition) is 3. The predicted octanol–water partition coefficient (Wildman–Crippen LogP) is 3.08. The van der Waals surface area contributed by atoms with Gasteiger partial charge in [0.25, 0.3) is 0 Å². The molecule has 0 aliphatic carbocycles. The van der Waals surface area contributed by atoms with Crippen LogP contribution < -0.4 is 4.74 Å². The van der Waals surface area contributed by atoms with Crippen LogP contribution in [-0.2, 0) is 6.42 Å². The van der Waals surface area contributed by atoms with Crippen molar-refractivity contribution in [2.75, 3.05) is 0 Å². The largest absolute Gasteiger partial charge is 0.487 e. The molecule has 4 heteroatoms. The average molecular weight is 295 g/mol. The highest BCUT2D eigenvalue weighted by Gasteiger charge is 2.32. The van der Waals surface area contributed by atoms with Gasteiger partial charge >= 0.3 is 0 Å². The van der Waals surface area contributed by atoms with Crippen LogP contribution in [0.25, 0.3) is 0 Å². The van der Waals surface area contributed by atoms with Crippen LogP contribution in [-0.4, -0.2) is 11.2 Å². The summed E-state index contributed by atoms with van der Waals surface area (Å²) in [5, 5.41) is 10.2. The first-order chi connectivity index (χ1) is 8.25. The van der Waals surface area contributed by atoms with Crippen LogP contribution in [0.5, 0.6) is 5.75 Å². The SMILES string of the molecule is OC(c1occc1Br)C1Cc2ccccc2O1. The molecule has 0 saturated heterocycles. The molecule has 88 valence electrons. The summed E-state index contributed by atoms with van der Waals surface area (Å²) in [4.78, 5) is 0. The summed E-state index contributed by atoms with van der Waals surface area (Å²) in [5.74, 6) is 1.36. The lowest BCUT2D eigenvalue weighted by Gasteiger charge is -2.16. The third-order valence-corrected chi connectivity index (χ3v) is 3.59. The summed E-state index contributed by atoms with van der Waals surface area (Å²) in [7, 11) is 0. The Balaban J connectivity index is 1.83. The summed E-state index contributed by atoms with van der Waals surface area (Å²) in [5.41, 5.74) is 1.12. The number of furan rings is 1. The van der Waals surface area contributed by atoms with Gasteiger partial charge in [0.15, 0.2) is 0 Å². The molecule has 0 radical (unpaired) electrons. The lowest BCUT2D eigenvalue weighted by atomic mass is 10.1. The maximum atomic E-state index is 10.2. The van der Waals surface area contributed by atoms with E-state index in [0.717, 1.165) is 15.8 Å². The van der Waals surface area contributed by atoms with Crippen molar-refractivity contribution in [2.45, 2.75) is 18.6 Å². The Labute approximate surface area is 107 Å². The first-order valence-electron chi connectivity index (χ1n) is 5.41. The number of ether oxygens (including phenoxy) is 1. The maximum absolute atomic E-state index is 10.2. The summed E-state index contributed by atoms with van der Waals surface area (Å²) >= 11 is 3.34. The maximum Gasteiger partial charge on any atom is 0.150 e. The fourth-order valence-electron chi connectivity index (χ4n) is 2.07. The Morgan fingerprint density at radius 1 is 1.29 bits per heavy atom. The summed E-state index contributed by atoms with van der Waals surface area (Å²) in [6, 6.07) is 9.59. The summed E-state index contributed by atoms with van der Waals surface area (Å²) in [6.45, 7) is 0. The van der Waals surface area contributed by atoms with Gasteiger partial charge in [-0.05, 0) is 33.6 Å². The molecule has 1 aromatic carbocycles. The smallest absolute Gasteiger partial charge is 0.150 e. The Hall–Kier alpha value is -1.26. The Morgan fingerprint density at radius 3 is 2.82 bits per heavy atom. The number of fused-ring (bicyclic) bond motifs is 1. The third kappa shape index (κ3) is 1.87. The van der Waals surface area contributed by atoms with Crippen LogP contribution in [0.2, 0.25) is 0 Å². The van der Waals surface area contributed by atoms with E-state index in [1.165, 1.54) is 0 Å². The van der Waals surface area contributed by atoms with Gasteiger partial charge in [0, 0.05) is 6.42 Å². The highest BCUT2D eigenvalue weighted by Crippen LogP contribution is 2.36. The monoisotopic (exact) mass is 294 g/mol. The highest BCUT2D eigenvalue weighted by atomic mass is 79.9. The van der Waals surface area contributed by atoms with Crippen molar-refractivity contribution in [2.24, 2.45) is 0 Å². The Bertz CT molecular complexity index is 510. The second-order valence-corrected chi connectivity index (χ2v) is 4.90. The molecule has 0 amide bonds. The van der Waals surface area contributed by atoms with Gasteiger partial charge in [-0.1, -0.05) is 18.2 Å². The van der Waals surface area contributed by atoms with Crippen molar-refractivity contribution in [3.63, 3.8) is 0 Å². The molecule has 1 aliphatic rings. The zero-order chi connectivity index (χ0) is 11.8. The normalized spacial score (nSPS) is 19.8. The van der Waals surface area contributed by atoms with Crippen molar-refractivity contribution in [1.29, 1.82) is 0 Å². The predicted molar refractivity (Wildman–Crippen MR) is 65.9 cm³/mol. The molecule has 2 heterocycles. The number of hydrogen-bond donors (Lipinski definition) is 1. The molecule has 2 atom stereocenters. The molecule has 3 nitrogen and oxygen atoms in total. The Morgan fingerprint density at radius 2 is 2.12 bits per heavy atom. The number of para-hydroxylation sites is 1. The van der Waals surface area contributed by atoms with Gasteiger partial charge in [-0.2, -0.15) is 0 Å². The lowest BCUT2D eigenvalue weighted by Crippen LogP contribution is -2.22. The van der Waals surface area contributed by atoms with Crippen LogP contribution in [0.15, 0.2) is 45.5 Å². The summed E-state index contributed by atoms with van der Waals surface area (Å²) < 4.78 is 11.7. The van der Waals surface area contributed by atoms with E-state index in [1.807, 2.05) is 24.3 Å². The van der Waals surface area contributed by atoms with E-state index < -0.39 is 6.10 Å². The number of aliphatic hydroxyl groups excluding tert-OH is 1. The van der Waals surface area contributed by atoms with E-state index in [9.17, 15) is 5.11 Å². The number of aliphatic hydroxyl groups is 1. The van der Waals surface area contributed by atoms with Gasteiger partial charge in [0.1, 0.15) is 23.7 Å². The lowest BCUT2D eigenvalue weighted by molar-refractivity contribution is 0.0334. The first-order valence-corrected chi connectivity index (χ1v) is 6.20. The van der Waals surface area contributed by atoms with E-state index in [-0.39, 0.29) is 6.10 Å². The van der Waals surface area contributed by atoms with Gasteiger partial charge < -0.3 is 14.3 Å².